The Hall–Kier alpha value is -2.93. The molecule has 0 bridgehead atoms. The van der Waals surface area contributed by atoms with Crippen LogP contribution in [0.3, 0.4) is 0 Å². The molecule has 158 valence electrons. The lowest BCUT2D eigenvalue weighted by Crippen LogP contribution is -2.27. The van der Waals surface area contributed by atoms with Crippen LogP contribution >= 0.6 is 0 Å². The zero-order valence-electron chi connectivity index (χ0n) is 17.9. The lowest BCUT2D eigenvalue weighted by atomic mass is 9.85. The lowest BCUT2D eigenvalue weighted by Gasteiger charge is -2.25. The van der Waals surface area contributed by atoms with Gasteiger partial charge in [0.05, 0.1) is 29.2 Å². The predicted octanol–water partition coefficient (Wildman–Crippen LogP) is 3.18. The van der Waals surface area contributed by atoms with Crippen molar-refractivity contribution in [3.05, 3.63) is 59.8 Å². The average molecular weight is 407 g/mol. The number of rotatable bonds is 8. The quantitative estimate of drug-likeness (QED) is 0.601. The van der Waals surface area contributed by atoms with Crippen molar-refractivity contribution in [3.8, 4) is 0 Å². The van der Waals surface area contributed by atoms with Gasteiger partial charge in [0.15, 0.2) is 0 Å². The fraction of sp³-hybridized carbons (Fsp3) is 0.435. The average Bonchev–Trinajstić information content (AvgIpc) is 3.13. The van der Waals surface area contributed by atoms with E-state index in [1.165, 1.54) is 24.8 Å². The molecule has 2 N–H and O–H groups in total. The molecule has 1 aliphatic rings. The fourth-order valence-electron chi connectivity index (χ4n) is 3.64. The van der Waals surface area contributed by atoms with Gasteiger partial charge in [0.2, 0.25) is 0 Å². The van der Waals surface area contributed by atoms with Gasteiger partial charge in [-0.1, -0.05) is 12.5 Å². The van der Waals surface area contributed by atoms with Crippen LogP contribution in [0, 0.1) is 5.92 Å². The van der Waals surface area contributed by atoms with Crippen LogP contribution in [0.5, 0.6) is 0 Å². The Labute approximate surface area is 177 Å². The van der Waals surface area contributed by atoms with Crippen molar-refractivity contribution in [2.24, 2.45) is 5.92 Å². The van der Waals surface area contributed by atoms with Gasteiger partial charge >= 0.3 is 0 Å². The minimum absolute atomic E-state index is 0.156. The number of imidazole rings is 1. The maximum atomic E-state index is 12.7. The first-order valence-corrected chi connectivity index (χ1v) is 10.6. The monoisotopic (exact) mass is 406 g/mol. The number of pyridine rings is 2. The van der Waals surface area contributed by atoms with Crippen LogP contribution in [0.25, 0.3) is 5.65 Å². The second kappa shape index (κ2) is 8.83. The topological polar surface area (TPSA) is 74.6 Å². The number of nitrogens with one attached hydrogen (secondary N) is 2. The Balaban J connectivity index is 1.40. The number of hydrogen-bond acceptors (Lipinski definition) is 5. The summed E-state index contributed by atoms with van der Waals surface area (Å²) < 4.78 is 2.03. The highest BCUT2D eigenvalue weighted by Gasteiger charge is 2.17. The summed E-state index contributed by atoms with van der Waals surface area (Å²) in [6.45, 7) is 3.91. The number of carbonyl (C=O) groups is 1. The summed E-state index contributed by atoms with van der Waals surface area (Å²) >= 11 is 0. The van der Waals surface area contributed by atoms with Crippen molar-refractivity contribution in [2.75, 3.05) is 25.5 Å². The first-order valence-electron chi connectivity index (χ1n) is 10.6. The summed E-state index contributed by atoms with van der Waals surface area (Å²) in [5, 5.41) is 6.58. The van der Waals surface area contributed by atoms with Gasteiger partial charge in [0.25, 0.3) is 5.91 Å². The molecular weight excluding hydrogens is 376 g/mol. The number of amides is 1. The van der Waals surface area contributed by atoms with Gasteiger partial charge in [-0.3, -0.25) is 9.78 Å². The zero-order chi connectivity index (χ0) is 21.1. The van der Waals surface area contributed by atoms with E-state index in [9.17, 15) is 4.79 Å². The summed E-state index contributed by atoms with van der Waals surface area (Å²) in [7, 11) is 3.85. The van der Waals surface area contributed by atoms with Crippen molar-refractivity contribution >= 4 is 17.2 Å². The molecule has 1 unspecified atom stereocenters. The van der Waals surface area contributed by atoms with Crippen molar-refractivity contribution in [1.82, 2.24) is 25.0 Å². The van der Waals surface area contributed by atoms with Gasteiger partial charge in [-0.05, 0) is 49.9 Å². The molecule has 1 saturated carbocycles. The first-order chi connectivity index (χ1) is 14.5. The highest BCUT2D eigenvalue weighted by molar-refractivity contribution is 5.95. The summed E-state index contributed by atoms with van der Waals surface area (Å²) in [4.78, 5) is 23.4. The molecular formula is C23H30N6O. The van der Waals surface area contributed by atoms with Crippen LogP contribution in [0.1, 0.15) is 53.8 Å². The summed E-state index contributed by atoms with van der Waals surface area (Å²) in [6.07, 6.45) is 11.5. The van der Waals surface area contributed by atoms with Crippen molar-refractivity contribution < 1.29 is 4.79 Å². The molecule has 0 spiro atoms. The number of anilines is 1. The summed E-state index contributed by atoms with van der Waals surface area (Å²) in [6, 6.07) is 5.77. The van der Waals surface area contributed by atoms with Crippen LogP contribution in [-0.4, -0.2) is 40.9 Å². The number of nitrogens with zero attached hydrogens (tertiary/aromatic N) is 4. The van der Waals surface area contributed by atoms with E-state index in [4.69, 9.17) is 0 Å². The molecule has 7 heteroatoms. The van der Waals surface area contributed by atoms with E-state index in [2.05, 4.69) is 32.9 Å². The first kappa shape index (κ1) is 20.3. The van der Waals surface area contributed by atoms with E-state index >= 15 is 0 Å². The van der Waals surface area contributed by atoms with Gasteiger partial charge in [-0.2, -0.15) is 0 Å². The Morgan fingerprint density at radius 1 is 1.27 bits per heavy atom. The minimum Gasteiger partial charge on any atom is -0.376 e. The molecule has 3 aromatic rings. The van der Waals surface area contributed by atoms with E-state index in [1.807, 2.05) is 48.6 Å². The standard InChI is InChI=1S/C23H30N6O/c1-16(26-23(30)19-9-20(28(2)3)13-25-12-19)21-15-29-14-18(7-8-22(29)27-21)11-24-10-17-5-4-6-17/h7-9,12-17,24H,4-6,10-11H2,1-3H3,(H,26,30). The molecule has 0 saturated heterocycles. The minimum atomic E-state index is -0.208. The molecule has 3 aromatic heterocycles. The smallest absolute Gasteiger partial charge is 0.253 e. The van der Waals surface area contributed by atoms with E-state index in [-0.39, 0.29) is 11.9 Å². The third-order valence-corrected chi connectivity index (χ3v) is 5.81. The van der Waals surface area contributed by atoms with Crippen molar-refractivity contribution in [1.29, 1.82) is 0 Å². The summed E-state index contributed by atoms with van der Waals surface area (Å²) in [5.41, 5.74) is 4.37. The van der Waals surface area contributed by atoms with Gasteiger partial charge in [-0.25, -0.2) is 4.98 Å². The number of aromatic nitrogens is 3. The maximum Gasteiger partial charge on any atom is 0.253 e. The largest absolute Gasteiger partial charge is 0.376 e. The molecule has 0 radical (unpaired) electrons. The molecule has 1 fully saturated rings. The molecule has 3 heterocycles. The van der Waals surface area contributed by atoms with Gasteiger partial charge in [0.1, 0.15) is 5.65 Å². The number of hydrogen-bond donors (Lipinski definition) is 2. The van der Waals surface area contributed by atoms with Crippen LogP contribution in [0.4, 0.5) is 5.69 Å². The van der Waals surface area contributed by atoms with Crippen molar-refractivity contribution in [3.63, 3.8) is 0 Å². The third-order valence-electron chi connectivity index (χ3n) is 5.81. The normalized spacial score (nSPS) is 15.0. The Morgan fingerprint density at radius 2 is 2.10 bits per heavy atom. The fourth-order valence-corrected chi connectivity index (χ4v) is 3.64. The maximum absolute atomic E-state index is 12.7. The molecule has 4 rings (SSSR count). The van der Waals surface area contributed by atoms with Gasteiger partial charge in [0, 0.05) is 39.2 Å². The molecule has 1 atom stereocenters. The van der Waals surface area contributed by atoms with E-state index < -0.39 is 0 Å². The molecule has 0 aliphatic heterocycles. The molecule has 1 amide bonds. The SMILES string of the molecule is CC(NC(=O)c1cncc(N(C)C)c1)c1cn2cc(CNCC3CCC3)ccc2n1. The molecule has 7 nitrogen and oxygen atoms in total. The number of fused-ring (bicyclic) bond motifs is 1. The van der Waals surface area contributed by atoms with Gasteiger partial charge < -0.3 is 19.9 Å². The highest BCUT2D eigenvalue weighted by Crippen LogP contribution is 2.25. The Bertz CT molecular complexity index is 1020. The second-order valence-corrected chi connectivity index (χ2v) is 8.42. The molecule has 1 aliphatic carbocycles. The van der Waals surface area contributed by atoms with E-state index in [0.29, 0.717) is 5.56 Å². The van der Waals surface area contributed by atoms with E-state index in [1.54, 1.807) is 12.4 Å². The predicted molar refractivity (Wildman–Crippen MR) is 119 cm³/mol. The Morgan fingerprint density at radius 3 is 2.83 bits per heavy atom. The highest BCUT2D eigenvalue weighted by atomic mass is 16.1. The van der Waals surface area contributed by atoms with Crippen LogP contribution < -0.4 is 15.5 Å². The van der Waals surface area contributed by atoms with Crippen LogP contribution in [-0.2, 0) is 6.54 Å². The van der Waals surface area contributed by atoms with Crippen LogP contribution in [0.15, 0.2) is 43.0 Å². The van der Waals surface area contributed by atoms with E-state index in [0.717, 1.165) is 36.0 Å². The van der Waals surface area contributed by atoms with Crippen molar-refractivity contribution in [2.45, 2.75) is 38.8 Å². The second-order valence-electron chi connectivity index (χ2n) is 8.42. The summed E-state index contributed by atoms with van der Waals surface area (Å²) in [5.74, 6) is 0.697. The molecule has 30 heavy (non-hydrogen) atoms. The molecule has 0 aromatic carbocycles. The van der Waals surface area contributed by atoms with Gasteiger partial charge in [-0.15, -0.1) is 0 Å². The zero-order valence-corrected chi connectivity index (χ0v) is 17.9. The van der Waals surface area contributed by atoms with Crippen LogP contribution in [0.2, 0.25) is 0 Å². The lowest BCUT2D eigenvalue weighted by molar-refractivity contribution is 0.0939. The Kier molecular flexibility index (Phi) is 5.99. The number of carbonyl (C=O) groups excluding carboxylic acids is 1. The third kappa shape index (κ3) is 4.62.